The number of aryl methyl sites for hydroxylation is 1. The molecule has 1 aromatic carbocycles. The number of carbonyl (C=O) groups excluding carboxylic acids is 1. The summed E-state index contributed by atoms with van der Waals surface area (Å²) in [5, 5.41) is 11.1. The highest BCUT2D eigenvalue weighted by Gasteiger charge is 2.24. The number of halogens is 4. The van der Waals surface area contributed by atoms with Crippen molar-refractivity contribution >= 4 is 24.1 Å². The molecule has 10 heteroatoms. The molecule has 0 saturated carbocycles. The molecule has 0 aliphatic heterocycles. The van der Waals surface area contributed by atoms with Crippen LogP contribution in [0, 0.1) is 0 Å². The number of nitrogens with zero attached hydrogens (tertiary/aromatic N) is 4. The second-order valence-corrected chi connectivity index (χ2v) is 7.19. The summed E-state index contributed by atoms with van der Waals surface area (Å²) in [6, 6.07) is 7.22. The second kappa shape index (κ2) is 15.7. The number of hydrogen-bond acceptors (Lipinski definition) is 5. The first kappa shape index (κ1) is 30.9. The standard InChI is InChI=1S/C21H25ClF3N5.C2H6.CH2O/c1-4-6-15(7-5-12-21(23,24)25)14-29(2)28-20-19(26)18(13-27-30(20)3)16-8-10-17(22)11-9-16;2*1-2/h5-11,13H,4,12,14,26H2,1-3H3;1-2H3;1H2/b7-5-,15-6+,28-20-;;. The number of likely N-dealkylation sites (N-methyl/N-ethyl adjacent to an activating group) is 1. The maximum atomic E-state index is 12.4. The Hall–Kier alpha value is -3.07. The highest BCUT2D eigenvalue weighted by molar-refractivity contribution is 6.30. The van der Waals surface area contributed by atoms with Gasteiger partial charge in [0.2, 0.25) is 0 Å². The number of carbonyl (C=O) groups is 1. The number of benzene rings is 1. The topological polar surface area (TPSA) is 76.5 Å². The molecule has 0 atom stereocenters. The highest BCUT2D eigenvalue weighted by Crippen LogP contribution is 2.24. The molecule has 2 aromatic rings. The zero-order valence-electron chi connectivity index (χ0n) is 20.2. The predicted molar refractivity (Wildman–Crippen MR) is 133 cm³/mol. The largest absolute Gasteiger partial charge is 0.395 e. The van der Waals surface area contributed by atoms with Crippen molar-refractivity contribution in [3.05, 3.63) is 64.8 Å². The van der Waals surface area contributed by atoms with E-state index >= 15 is 0 Å². The van der Waals surface area contributed by atoms with Gasteiger partial charge < -0.3 is 10.5 Å². The van der Waals surface area contributed by atoms with E-state index in [-0.39, 0.29) is 0 Å². The lowest BCUT2D eigenvalue weighted by atomic mass is 10.1. The highest BCUT2D eigenvalue weighted by atomic mass is 35.5. The van der Waals surface area contributed by atoms with Crippen LogP contribution in [0.1, 0.15) is 33.6 Å². The Bertz CT molecular complexity index is 999. The van der Waals surface area contributed by atoms with E-state index in [1.807, 2.05) is 45.8 Å². The number of hydrogen-bond donors (Lipinski definition) is 1. The van der Waals surface area contributed by atoms with Crippen LogP contribution in [0.4, 0.5) is 18.9 Å². The molecule has 0 bridgehead atoms. The van der Waals surface area contributed by atoms with Gasteiger partial charge in [-0.3, -0.25) is 5.01 Å². The van der Waals surface area contributed by atoms with Gasteiger partial charge in [0.15, 0.2) is 5.49 Å². The van der Waals surface area contributed by atoms with Gasteiger partial charge in [-0.15, -0.1) is 0 Å². The minimum absolute atomic E-state index is 0.326. The average molecular weight is 500 g/mol. The van der Waals surface area contributed by atoms with Gasteiger partial charge in [0.25, 0.3) is 0 Å². The molecule has 0 fully saturated rings. The monoisotopic (exact) mass is 499 g/mol. The first-order valence-corrected chi connectivity index (χ1v) is 11.0. The summed E-state index contributed by atoms with van der Waals surface area (Å²) in [6.45, 7) is 8.25. The third-order valence-corrected chi connectivity index (χ3v) is 4.43. The lowest BCUT2D eigenvalue weighted by Crippen LogP contribution is -2.29. The van der Waals surface area contributed by atoms with Crippen LogP contribution in [-0.2, 0) is 11.8 Å². The van der Waals surface area contributed by atoms with E-state index in [1.54, 1.807) is 42.1 Å². The van der Waals surface area contributed by atoms with E-state index in [4.69, 9.17) is 22.1 Å². The van der Waals surface area contributed by atoms with Crippen LogP contribution in [0.5, 0.6) is 0 Å². The van der Waals surface area contributed by atoms with Crippen molar-refractivity contribution in [3.8, 4) is 11.1 Å². The molecule has 0 unspecified atom stereocenters. The van der Waals surface area contributed by atoms with Gasteiger partial charge in [-0.1, -0.05) is 62.7 Å². The normalized spacial score (nSPS) is 12.0. The summed E-state index contributed by atoms with van der Waals surface area (Å²) in [7, 11) is 3.45. The van der Waals surface area contributed by atoms with Crippen LogP contribution in [0.2, 0.25) is 5.02 Å². The van der Waals surface area contributed by atoms with E-state index in [0.717, 1.165) is 17.2 Å². The van der Waals surface area contributed by atoms with Crippen LogP contribution in [0.15, 0.2) is 59.4 Å². The third kappa shape index (κ3) is 10.7. The van der Waals surface area contributed by atoms with Crippen molar-refractivity contribution in [3.63, 3.8) is 0 Å². The lowest BCUT2D eigenvalue weighted by molar-refractivity contribution is -0.125. The summed E-state index contributed by atoms with van der Waals surface area (Å²) >= 11 is 5.95. The summed E-state index contributed by atoms with van der Waals surface area (Å²) in [6.07, 6.45) is 1.62. The molecule has 0 radical (unpaired) electrons. The molecular formula is C24H33ClF3N5O. The molecule has 2 N–H and O–H groups in total. The fourth-order valence-electron chi connectivity index (χ4n) is 2.79. The maximum Gasteiger partial charge on any atom is 0.392 e. The van der Waals surface area contributed by atoms with E-state index in [0.29, 0.717) is 34.7 Å². The zero-order chi connectivity index (χ0) is 26.3. The molecular weight excluding hydrogens is 467 g/mol. The molecule has 188 valence electrons. The second-order valence-electron chi connectivity index (χ2n) is 6.75. The summed E-state index contributed by atoms with van der Waals surface area (Å²) in [5.41, 5.74) is 9.54. The first-order valence-electron chi connectivity index (χ1n) is 10.7. The fourth-order valence-corrected chi connectivity index (χ4v) is 2.92. The van der Waals surface area contributed by atoms with Crippen LogP contribution in [0.3, 0.4) is 0 Å². The van der Waals surface area contributed by atoms with Gasteiger partial charge >= 0.3 is 6.18 Å². The van der Waals surface area contributed by atoms with Gasteiger partial charge in [0, 0.05) is 24.7 Å². The number of alkyl halides is 3. The Morgan fingerprint density at radius 1 is 1.26 bits per heavy atom. The molecule has 0 spiro atoms. The molecule has 1 aromatic heterocycles. The first-order chi connectivity index (χ1) is 16.1. The zero-order valence-corrected chi connectivity index (χ0v) is 21.0. The Morgan fingerprint density at radius 3 is 2.38 bits per heavy atom. The van der Waals surface area contributed by atoms with Gasteiger partial charge in [0.05, 0.1) is 24.8 Å². The van der Waals surface area contributed by atoms with E-state index in [2.05, 4.69) is 10.2 Å². The number of nitrogen functional groups attached to an aromatic ring is 1. The molecule has 0 saturated heterocycles. The van der Waals surface area contributed by atoms with Crippen molar-refractivity contribution in [1.82, 2.24) is 14.8 Å². The van der Waals surface area contributed by atoms with Gasteiger partial charge in [-0.25, -0.2) is 4.68 Å². The third-order valence-electron chi connectivity index (χ3n) is 4.18. The smallest absolute Gasteiger partial charge is 0.392 e. The van der Waals surface area contributed by atoms with Crippen molar-refractivity contribution in [1.29, 1.82) is 0 Å². The Balaban J connectivity index is 0.00000258. The molecule has 2 rings (SSSR count). The Kier molecular flexibility index (Phi) is 14.3. The SMILES string of the molecule is C=O.CC.CC/C=C(\C=C/CC(F)(F)F)CN(C)/N=c1/c(N)c(-c2ccc(Cl)cc2)cnn1C. The molecule has 0 aliphatic rings. The van der Waals surface area contributed by atoms with Crippen LogP contribution >= 0.6 is 11.6 Å². The molecule has 6 nitrogen and oxygen atoms in total. The van der Waals surface area contributed by atoms with Crippen LogP contribution in [-0.4, -0.2) is 41.3 Å². The fraction of sp³-hybridized carbons (Fsp3) is 0.375. The summed E-state index contributed by atoms with van der Waals surface area (Å²) in [4.78, 5) is 8.00. The quantitative estimate of drug-likeness (QED) is 0.388. The number of anilines is 1. The average Bonchev–Trinajstić information content (AvgIpc) is 2.79. The Labute approximate surface area is 204 Å². The van der Waals surface area contributed by atoms with E-state index in [1.165, 1.54) is 6.08 Å². The predicted octanol–water partition coefficient (Wildman–Crippen LogP) is 5.76. The van der Waals surface area contributed by atoms with E-state index < -0.39 is 12.6 Å². The van der Waals surface area contributed by atoms with Gasteiger partial charge in [-0.05, 0) is 29.7 Å². The van der Waals surface area contributed by atoms with E-state index in [9.17, 15) is 13.2 Å². The summed E-state index contributed by atoms with van der Waals surface area (Å²) in [5.74, 6) is 0. The van der Waals surface area contributed by atoms with Crippen molar-refractivity contribution < 1.29 is 18.0 Å². The molecule has 0 amide bonds. The van der Waals surface area contributed by atoms with Crippen LogP contribution in [0.25, 0.3) is 11.1 Å². The van der Waals surface area contributed by atoms with Gasteiger partial charge in [-0.2, -0.15) is 23.4 Å². The number of allylic oxidation sites excluding steroid dienone is 2. The number of nitrogens with two attached hydrogens (primary N) is 1. The Morgan fingerprint density at radius 2 is 1.85 bits per heavy atom. The minimum Gasteiger partial charge on any atom is -0.395 e. The maximum absolute atomic E-state index is 12.4. The van der Waals surface area contributed by atoms with Crippen molar-refractivity contribution in [2.75, 3.05) is 19.3 Å². The molecule has 0 aliphatic carbocycles. The van der Waals surface area contributed by atoms with Crippen molar-refractivity contribution in [2.24, 2.45) is 12.1 Å². The number of rotatable bonds is 7. The molecule has 34 heavy (non-hydrogen) atoms. The number of aromatic nitrogens is 2. The van der Waals surface area contributed by atoms with Gasteiger partial charge in [0.1, 0.15) is 6.79 Å². The lowest BCUT2D eigenvalue weighted by Gasteiger charge is -2.16. The molecule has 1 heterocycles. The van der Waals surface area contributed by atoms with Crippen LogP contribution < -0.4 is 11.2 Å². The minimum atomic E-state index is -4.22. The summed E-state index contributed by atoms with van der Waals surface area (Å²) < 4.78 is 38.7. The van der Waals surface area contributed by atoms with Crippen molar-refractivity contribution in [2.45, 2.75) is 39.8 Å².